The molecule has 7 heteroatoms. The Kier molecular flexibility index (Phi) is 3.78. The molecule has 7 nitrogen and oxygen atoms in total. The van der Waals surface area contributed by atoms with Gasteiger partial charge in [-0.2, -0.15) is 5.06 Å². The van der Waals surface area contributed by atoms with Crippen LogP contribution in [0.3, 0.4) is 0 Å². The van der Waals surface area contributed by atoms with Gasteiger partial charge in [0.15, 0.2) is 6.04 Å². The van der Waals surface area contributed by atoms with Gasteiger partial charge in [-0.15, -0.1) is 0 Å². The fourth-order valence-corrected chi connectivity index (χ4v) is 1.29. The van der Waals surface area contributed by atoms with Crippen LogP contribution >= 0.6 is 0 Å². The van der Waals surface area contributed by atoms with Crippen LogP contribution in [-0.2, 0) is 0 Å². The third kappa shape index (κ3) is 2.92. The molecule has 2 amide bonds. The average Bonchev–Trinajstić information content (AvgIpc) is 2.26. The SMILES string of the molecule is NC(=O)N(O)C(C[N+](=O)[O-])c1ccccc1. The van der Waals surface area contributed by atoms with Crippen LogP contribution in [-0.4, -0.2) is 27.8 Å². The topological polar surface area (TPSA) is 110 Å². The van der Waals surface area contributed by atoms with Gasteiger partial charge in [-0.25, -0.2) is 4.79 Å². The zero-order valence-electron chi connectivity index (χ0n) is 8.31. The van der Waals surface area contributed by atoms with Crippen molar-refractivity contribution in [2.24, 2.45) is 5.73 Å². The number of nitro groups is 1. The van der Waals surface area contributed by atoms with Crippen molar-refractivity contribution in [3.8, 4) is 0 Å². The predicted octanol–water partition coefficient (Wildman–Crippen LogP) is 0.774. The maximum atomic E-state index is 10.8. The number of amides is 2. The molecule has 1 aromatic carbocycles. The molecule has 0 radical (unpaired) electrons. The number of urea groups is 1. The van der Waals surface area contributed by atoms with Crippen LogP contribution < -0.4 is 5.73 Å². The van der Waals surface area contributed by atoms with Crippen LogP contribution in [0.4, 0.5) is 4.79 Å². The highest BCUT2D eigenvalue weighted by atomic mass is 16.6. The van der Waals surface area contributed by atoms with Crippen molar-refractivity contribution in [2.75, 3.05) is 6.54 Å². The molecule has 1 rings (SSSR count). The first kappa shape index (κ1) is 11.9. The van der Waals surface area contributed by atoms with Crippen molar-refractivity contribution < 1.29 is 14.9 Å². The van der Waals surface area contributed by atoms with E-state index in [0.717, 1.165) is 0 Å². The Hall–Kier alpha value is -2.15. The van der Waals surface area contributed by atoms with Gasteiger partial charge in [0.1, 0.15) is 0 Å². The normalized spacial score (nSPS) is 11.8. The zero-order chi connectivity index (χ0) is 12.1. The molecule has 16 heavy (non-hydrogen) atoms. The third-order valence-corrected chi connectivity index (χ3v) is 2.03. The molecule has 0 aliphatic carbocycles. The minimum absolute atomic E-state index is 0.165. The van der Waals surface area contributed by atoms with E-state index in [1.54, 1.807) is 30.3 Å². The fourth-order valence-electron chi connectivity index (χ4n) is 1.29. The first-order chi connectivity index (χ1) is 7.52. The van der Waals surface area contributed by atoms with Gasteiger partial charge < -0.3 is 5.73 Å². The van der Waals surface area contributed by atoms with E-state index >= 15 is 0 Å². The zero-order valence-corrected chi connectivity index (χ0v) is 8.31. The molecule has 0 aliphatic heterocycles. The molecule has 0 aromatic heterocycles. The summed E-state index contributed by atoms with van der Waals surface area (Å²) in [5, 5.41) is 19.9. The lowest BCUT2D eigenvalue weighted by Gasteiger charge is -2.21. The number of nitrogens with zero attached hydrogens (tertiary/aromatic N) is 2. The van der Waals surface area contributed by atoms with Gasteiger partial charge >= 0.3 is 6.03 Å². The van der Waals surface area contributed by atoms with Gasteiger partial charge in [0.05, 0.1) is 0 Å². The molecule has 0 bridgehead atoms. The number of benzene rings is 1. The smallest absolute Gasteiger partial charge is 0.339 e. The maximum Gasteiger partial charge on any atom is 0.339 e. The Labute approximate surface area is 91.2 Å². The summed E-state index contributed by atoms with van der Waals surface area (Å²) in [6.07, 6.45) is 0. The summed E-state index contributed by atoms with van der Waals surface area (Å²) < 4.78 is 0. The van der Waals surface area contributed by atoms with E-state index in [9.17, 15) is 20.1 Å². The highest BCUT2D eigenvalue weighted by Crippen LogP contribution is 2.18. The molecule has 3 N–H and O–H groups in total. The number of hydrogen-bond donors (Lipinski definition) is 2. The Morgan fingerprint density at radius 2 is 2.06 bits per heavy atom. The average molecular weight is 225 g/mol. The molecule has 86 valence electrons. The molecule has 0 spiro atoms. The molecular weight excluding hydrogens is 214 g/mol. The summed E-state index contributed by atoms with van der Waals surface area (Å²) >= 11 is 0. The minimum Gasteiger partial charge on any atom is -0.350 e. The van der Waals surface area contributed by atoms with Gasteiger partial charge in [-0.3, -0.25) is 15.3 Å². The molecular formula is C9H11N3O4. The standard InChI is InChI=1S/C9H11N3O4/c10-9(13)12(16)8(6-11(14)15)7-4-2-1-3-5-7/h1-5,8,16H,6H2,(H2,10,13). The van der Waals surface area contributed by atoms with Crippen molar-refractivity contribution in [1.82, 2.24) is 5.06 Å². The molecule has 0 aliphatic rings. The number of carbonyl (C=O) groups is 1. The van der Waals surface area contributed by atoms with Crippen LogP contribution in [0, 0.1) is 10.1 Å². The van der Waals surface area contributed by atoms with Crippen LogP contribution in [0.5, 0.6) is 0 Å². The lowest BCUT2D eigenvalue weighted by Crippen LogP contribution is -2.39. The quantitative estimate of drug-likeness (QED) is 0.448. The number of nitrogens with two attached hydrogens (primary N) is 1. The van der Waals surface area contributed by atoms with Gasteiger partial charge in [0.2, 0.25) is 6.54 Å². The van der Waals surface area contributed by atoms with Crippen LogP contribution in [0.1, 0.15) is 11.6 Å². The summed E-state index contributed by atoms with van der Waals surface area (Å²) in [6, 6.07) is 5.96. The molecule has 0 saturated carbocycles. The molecule has 1 unspecified atom stereocenters. The molecule has 1 aromatic rings. The summed E-state index contributed by atoms with van der Waals surface area (Å²) in [4.78, 5) is 20.6. The van der Waals surface area contributed by atoms with E-state index in [0.29, 0.717) is 5.56 Å². The van der Waals surface area contributed by atoms with Gasteiger partial charge in [0.25, 0.3) is 0 Å². The number of carbonyl (C=O) groups excluding carboxylic acids is 1. The predicted molar refractivity (Wildman–Crippen MR) is 54.3 cm³/mol. The van der Waals surface area contributed by atoms with E-state index in [1.165, 1.54) is 0 Å². The van der Waals surface area contributed by atoms with Crippen molar-refractivity contribution in [3.05, 3.63) is 46.0 Å². The molecule has 0 fully saturated rings. The van der Waals surface area contributed by atoms with Crippen LogP contribution in [0.25, 0.3) is 0 Å². The Balaban J connectivity index is 2.96. The molecule has 0 heterocycles. The molecule has 1 atom stereocenters. The second-order valence-corrected chi connectivity index (χ2v) is 3.12. The van der Waals surface area contributed by atoms with Crippen molar-refractivity contribution >= 4 is 6.03 Å². The molecule has 0 saturated heterocycles. The van der Waals surface area contributed by atoms with Gasteiger partial charge in [0, 0.05) is 4.92 Å². The monoisotopic (exact) mass is 225 g/mol. The summed E-state index contributed by atoms with van der Waals surface area (Å²) in [5.41, 5.74) is 5.31. The lowest BCUT2D eigenvalue weighted by molar-refractivity contribution is -0.491. The largest absolute Gasteiger partial charge is 0.350 e. The first-order valence-electron chi connectivity index (χ1n) is 4.46. The number of hydroxylamine groups is 2. The summed E-state index contributed by atoms with van der Waals surface area (Å²) in [7, 11) is 0. The van der Waals surface area contributed by atoms with Crippen LogP contribution in [0.15, 0.2) is 30.3 Å². The summed E-state index contributed by atoms with van der Waals surface area (Å²) in [6.45, 7) is -0.608. The van der Waals surface area contributed by atoms with Gasteiger partial charge in [-0.1, -0.05) is 30.3 Å². The summed E-state index contributed by atoms with van der Waals surface area (Å²) in [5.74, 6) is 0. The Morgan fingerprint density at radius 1 is 1.50 bits per heavy atom. The van der Waals surface area contributed by atoms with E-state index < -0.39 is 23.5 Å². The third-order valence-electron chi connectivity index (χ3n) is 2.03. The Morgan fingerprint density at radius 3 is 2.50 bits per heavy atom. The van der Waals surface area contributed by atoms with E-state index in [4.69, 9.17) is 5.73 Å². The first-order valence-corrected chi connectivity index (χ1v) is 4.46. The maximum absolute atomic E-state index is 10.8. The van der Waals surface area contributed by atoms with Crippen LogP contribution in [0.2, 0.25) is 0 Å². The number of primary amides is 1. The highest BCUT2D eigenvalue weighted by molar-refractivity contribution is 5.71. The van der Waals surface area contributed by atoms with Crippen molar-refractivity contribution in [2.45, 2.75) is 6.04 Å². The Bertz CT molecular complexity index is 382. The second kappa shape index (κ2) is 5.08. The highest BCUT2D eigenvalue weighted by Gasteiger charge is 2.26. The number of hydrogen-bond acceptors (Lipinski definition) is 4. The minimum atomic E-state index is -1.13. The van der Waals surface area contributed by atoms with E-state index in [-0.39, 0.29) is 5.06 Å². The van der Waals surface area contributed by atoms with Gasteiger partial charge in [-0.05, 0) is 5.56 Å². The number of rotatable bonds is 4. The van der Waals surface area contributed by atoms with E-state index in [1.807, 2.05) is 0 Å². The van der Waals surface area contributed by atoms with E-state index in [2.05, 4.69) is 0 Å². The van der Waals surface area contributed by atoms with Crippen molar-refractivity contribution in [3.63, 3.8) is 0 Å². The fraction of sp³-hybridized carbons (Fsp3) is 0.222. The second-order valence-electron chi connectivity index (χ2n) is 3.12. The lowest BCUT2D eigenvalue weighted by atomic mass is 10.1. The van der Waals surface area contributed by atoms with Crippen molar-refractivity contribution in [1.29, 1.82) is 0 Å².